The van der Waals surface area contributed by atoms with E-state index in [1.807, 2.05) is 0 Å². The molecule has 23 heavy (non-hydrogen) atoms. The minimum Gasteiger partial charge on any atom is -0.415 e. The molecule has 2 rings (SSSR count). The molecule has 0 saturated carbocycles. The summed E-state index contributed by atoms with van der Waals surface area (Å²) >= 11 is 0. The Hall–Kier alpha value is -1.26. The molecule has 0 aliphatic carbocycles. The van der Waals surface area contributed by atoms with Crippen molar-refractivity contribution < 1.29 is 19.4 Å². The number of rotatable bonds is 6. The third kappa shape index (κ3) is 3.99. The highest BCUT2D eigenvalue weighted by Crippen LogP contribution is 2.33. The van der Waals surface area contributed by atoms with Crippen LogP contribution in [0.2, 0.25) is 5.04 Å². The largest absolute Gasteiger partial charge is 0.415 e. The van der Waals surface area contributed by atoms with Crippen LogP contribution in [0.4, 0.5) is 5.82 Å². The van der Waals surface area contributed by atoms with Gasteiger partial charge in [0.05, 0.1) is 6.61 Å². The van der Waals surface area contributed by atoms with Crippen molar-refractivity contribution in [2.45, 2.75) is 56.8 Å². The van der Waals surface area contributed by atoms with E-state index in [0.29, 0.717) is 0 Å². The number of aliphatic hydroxyl groups excluding tert-OH is 2. The first kappa shape index (κ1) is 18.1. The minimum absolute atomic E-state index is 0.0808. The Morgan fingerprint density at radius 3 is 2.83 bits per heavy atom. The summed E-state index contributed by atoms with van der Waals surface area (Å²) in [5.41, 5.74) is 4.85. The number of hydrogen-bond acceptors (Lipinski definition) is 7. The number of aromatic nitrogens is 2. The van der Waals surface area contributed by atoms with E-state index >= 15 is 0 Å². The van der Waals surface area contributed by atoms with Crippen molar-refractivity contribution in [2.75, 3.05) is 12.3 Å². The van der Waals surface area contributed by atoms with Gasteiger partial charge in [-0.05, 0) is 11.1 Å². The van der Waals surface area contributed by atoms with Gasteiger partial charge in [0.15, 0.2) is 16.0 Å². The molecular formula is C14H25N3O5Si. The van der Waals surface area contributed by atoms with E-state index < -0.39 is 40.0 Å². The van der Waals surface area contributed by atoms with E-state index in [1.54, 1.807) is 0 Å². The molecule has 1 aliphatic heterocycles. The van der Waals surface area contributed by atoms with Crippen LogP contribution in [0, 0.1) is 0 Å². The van der Waals surface area contributed by atoms with Gasteiger partial charge in [-0.1, -0.05) is 27.2 Å². The monoisotopic (exact) mass is 343 g/mol. The summed E-state index contributed by atoms with van der Waals surface area (Å²) in [6.45, 7) is 6.02. The number of ether oxygens (including phenoxy) is 1. The maximum atomic E-state index is 11.9. The molecule has 1 aromatic rings. The fourth-order valence-electron chi connectivity index (χ4n) is 2.35. The van der Waals surface area contributed by atoms with E-state index in [-0.39, 0.29) is 17.5 Å². The van der Waals surface area contributed by atoms with Crippen LogP contribution in [0.5, 0.6) is 0 Å². The first-order chi connectivity index (χ1) is 10.8. The van der Waals surface area contributed by atoms with Gasteiger partial charge in [-0.3, -0.25) is 4.57 Å². The second kappa shape index (κ2) is 7.10. The summed E-state index contributed by atoms with van der Waals surface area (Å²) in [6.07, 6.45) is -0.960. The Bertz CT molecular complexity index is 594. The van der Waals surface area contributed by atoms with E-state index in [9.17, 15) is 15.0 Å². The first-order valence-electron chi connectivity index (χ1n) is 7.69. The number of anilines is 1. The number of nitrogens with zero attached hydrogens (tertiary/aromatic N) is 2. The van der Waals surface area contributed by atoms with Crippen molar-refractivity contribution in [2.24, 2.45) is 0 Å². The first-order valence-corrected chi connectivity index (χ1v) is 8.98. The molecule has 1 aromatic heterocycles. The number of nitrogen functional groups attached to an aromatic ring is 1. The Morgan fingerprint density at radius 1 is 1.57 bits per heavy atom. The van der Waals surface area contributed by atoms with Gasteiger partial charge in [0, 0.05) is 6.20 Å². The molecule has 4 atom stereocenters. The summed E-state index contributed by atoms with van der Waals surface area (Å²) < 4.78 is 12.7. The lowest BCUT2D eigenvalue weighted by molar-refractivity contribution is -0.0544. The number of hydrogen-bond donors (Lipinski definition) is 3. The lowest BCUT2D eigenvalue weighted by Crippen LogP contribution is -2.40. The van der Waals surface area contributed by atoms with Gasteiger partial charge in [-0.15, -0.1) is 0 Å². The van der Waals surface area contributed by atoms with E-state index in [4.69, 9.17) is 14.9 Å². The SMILES string of the molecule is CCC(C)(C)[SiH2]OC1C(CO)OC(n2ccc(N)nc2=O)C1O. The lowest BCUT2D eigenvalue weighted by Gasteiger charge is -2.27. The van der Waals surface area contributed by atoms with Crippen LogP contribution in [0.15, 0.2) is 17.1 Å². The molecule has 4 unspecified atom stereocenters. The normalized spacial score (nSPS) is 28.7. The second-order valence-electron chi connectivity index (χ2n) is 6.57. The van der Waals surface area contributed by atoms with Crippen LogP contribution in [0.1, 0.15) is 33.4 Å². The average Bonchev–Trinajstić information content (AvgIpc) is 2.81. The van der Waals surface area contributed by atoms with Gasteiger partial charge in [-0.25, -0.2) is 4.79 Å². The van der Waals surface area contributed by atoms with Gasteiger partial charge < -0.3 is 25.1 Å². The van der Waals surface area contributed by atoms with Crippen LogP contribution in [0.3, 0.4) is 0 Å². The molecule has 0 amide bonds. The minimum atomic E-state index is -1.06. The Kier molecular flexibility index (Phi) is 5.58. The van der Waals surface area contributed by atoms with Crippen molar-refractivity contribution in [3.63, 3.8) is 0 Å². The summed E-state index contributed by atoms with van der Waals surface area (Å²) in [5, 5.41) is 20.1. The second-order valence-corrected chi connectivity index (χ2v) is 9.11. The van der Waals surface area contributed by atoms with Gasteiger partial charge in [0.25, 0.3) is 0 Å². The zero-order valence-electron chi connectivity index (χ0n) is 13.7. The predicted molar refractivity (Wildman–Crippen MR) is 87.7 cm³/mol. The Balaban J connectivity index is 2.17. The summed E-state index contributed by atoms with van der Waals surface area (Å²) in [7, 11) is -0.956. The molecule has 2 heterocycles. The van der Waals surface area contributed by atoms with Gasteiger partial charge >= 0.3 is 5.69 Å². The summed E-state index contributed by atoms with van der Waals surface area (Å²) in [6, 6.07) is 1.45. The summed E-state index contributed by atoms with van der Waals surface area (Å²) in [4.78, 5) is 15.6. The van der Waals surface area contributed by atoms with E-state index in [0.717, 1.165) is 6.42 Å². The van der Waals surface area contributed by atoms with Crippen molar-refractivity contribution in [1.82, 2.24) is 9.55 Å². The molecule has 1 fully saturated rings. The smallest absolute Gasteiger partial charge is 0.351 e. The molecule has 130 valence electrons. The maximum Gasteiger partial charge on any atom is 0.351 e. The molecule has 8 nitrogen and oxygen atoms in total. The molecule has 0 aromatic carbocycles. The highest BCUT2D eigenvalue weighted by Gasteiger charge is 2.45. The van der Waals surface area contributed by atoms with Crippen LogP contribution < -0.4 is 11.4 Å². The highest BCUT2D eigenvalue weighted by molar-refractivity contribution is 6.32. The third-order valence-corrected chi connectivity index (χ3v) is 6.07. The zero-order valence-corrected chi connectivity index (χ0v) is 15.1. The molecular weight excluding hydrogens is 318 g/mol. The molecule has 1 aliphatic rings. The predicted octanol–water partition coefficient (Wildman–Crippen LogP) is -0.846. The molecule has 1 saturated heterocycles. The molecule has 9 heteroatoms. The van der Waals surface area contributed by atoms with Crippen molar-refractivity contribution in [3.8, 4) is 0 Å². The van der Waals surface area contributed by atoms with Gasteiger partial charge in [0.2, 0.25) is 0 Å². The lowest BCUT2D eigenvalue weighted by atomic mass is 10.1. The fraction of sp³-hybridized carbons (Fsp3) is 0.714. The number of aliphatic hydroxyl groups is 2. The highest BCUT2D eigenvalue weighted by atomic mass is 28.2. The summed E-state index contributed by atoms with van der Waals surface area (Å²) in [5.74, 6) is 0.0994. The van der Waals surface area contributed by atoms with E-state index in [2.05, 4.69) is 25.8 Å². The van der Waals surface area contributed by atoms with Gasteiger partial charge in [0.1, 0.15) is 24.1 Å². The van der Waals surface area contributed by atoms with Crippen molar-refractivity contribution >= 4 is 15.6 Å². The topological polar surface area (TPSA) is 120 Å². The Morgan fingerprint density at radius 2 is 2.26 bits per heavy atom. The van der Waals surface area contributed by atoms with Crippen LogP contribution >= 0.6 is 0 Å². The zero-order chi connectivity index (χ0) is 17.2. The van der Waals surface area contributed by atoms with Crippen molar-refractivity contribution in [3.05, 3.63) is 22.7 Å². The van der Waals surface area contributed by atoms with Crippen molar-refractivity contribution in [1.29, 1.82) is 0 Å². The molecule has 0 radical (unpaired) electrons. The third-order valence-electron chi connectivity index (χ3n) is 4.24. The Labute approximate surface area is 137 Å². The van der Waals surface area contributed by atoms with E-state index in [1.165, 1.54) is 16.8 Å². The standard InChI is InChI=1S/C14H25N3O5Si/c1-4-14(2,3)23-22-11-8(7-18)21-12(10(11)19)17-6-5-9(15)16-13(17)20/h5-6,8,10-12,18-19H,4,7,23H2,1-3H3,(H2,15,16,20). The maximum absolute atomic E-state index is 11.9. The van der Waals surface area contributed by atoms with Crippen LogP contribution in [0.25, 0.3) is 0 Å². The molecule has 0 bridgehead atoms. The van der Waals surface area contributed by atoms with Crippen LogP contribution in [-0.4, -0.2) is 54.4 Å². The quantitative estimate of drug-likeness (QED) is 0.576. The fourth-order valence-corrected chi connectivity index (χ4v) is 3.61. The van der Waals surface area contributed by atoms with Gasteiger partial charge in [-0.2, -0.15) is 4.98 Å². The average molecular weight is 343 g/mol. The molecule has 4 N–H and O–H groups in total. The number of nitrogens with two attached hydrogens (primary N) is 1. The molecule has 0 spiro atoms. The van der Waals surface area contributed by atoms with Crippen LogP contribution in [-0.2, 0) is 9.16 Å².